The van der Waals surface area contributed by atoms with Crippen molar-refractivity contribution in [2.45, 2.75) is 59.4 Å². The molecule has 1 heterocycles. The van der Waals surface area contributed by atoms with Gasteiger partial charge in [-0.25, -0.2) is 4.98 Å². The van der Waals surface area contributed by atoms with Gasteiger partial charge in [-0.15, -0.1) is 11.6 Å². The largest absolute Gasteiger partial charge is 0.438 e. The molecule has 0 bridgehead atoms. The number of ether oxygens (including phenoxy) is 1. The first-order valence-electron chi connectivity index (χ1n) is 8.67. The summed E-state index contributed by atoms with van der Waals surface area (Å²) in [6.45, 7) is 10.3. The number of aryl methyl sites for hydroxylation is 3. The smallest absolute Gasteiger partial charge is 0.225 e. The summed E-state index contributed by atoms with van der Waals surface area (Å²) in [4.78, 5) is 4.58. The van der Waals surface area contributed by atoms with Crippen LogP contribution in [0.3, 0.4) is 0 Å². The van der Waals surface area contributed by atoms with E-state index in [4.69, 9.17) is 27.9 Å². The molecule has 0 aliphatic carbocycles. The highest BCUT2D eigenvalue weighted by atomic mass is 35.5. The SMILES string of the molecule is CCC(CC)Nc1cc(C)nc(Oc2c(C)cc(Cl)cc2C)c1CCl. The Hall–Kier alpha value is -1.45. The molecule has 136 valence electrons. The van der Waals surface area contributed by atoms with Gasteiger partial charge in [-0.2, -0.15) is 0 Å². The lowest BCUT2D eigenvalue weighted by Crippen LogP contribution is -2.18. The van der Waals surface area contributed by atoms with E-state index in [0.717, 1.165) is 46.7 Å². The zero-order chi connectivity index (χ0) is 18.6. The number of halogens is 2. The van der Waals surface area contributed by atoms with Crippen LogP contribution in [-0.2, 0) is 5.88 Å². The number of rotatable bonds is 7. The Balaban J connectivity index is 2.46. The molecule has 0 atom stereocenters. The summed E-state index contributed by atoms with van der Waals surface area (Å²) in [5, 5.41) is 4.28. The lowest BCUT2D eigenvalue weighted by molar-refractivity contribution is 0.450. The average molecular weight is 381 g/mol. The van der Waals surface area contributed by atoms with E-state index in [0.29, 0.717) is 22.8 Å². The number of alkyl halides is 1. The van der Waals surface area contributed by atoms with E-state index < -0.39 is 0 Å². The molecule has 2 aromatic rings. The van der Waals surface area contributed by atoms with Gasteiger partial charge in [-0.1, -0.05) is 25.4 Å². The molecule has 0 aliphatic rings. The number of pyridine rings is 1. The van der Waals surface area contributed by atoms with Crippen molar-refractivity contribution in [3.8, 4) is 11.6 Å². The third kappa shape index (κ3) is 4.80. The molecular formula is C20H26Cl2N2O. The highest BCUT2D eigenvalue weighted by Gasteiger charge is 2.17. The van der Waals surface area contributed by atoms with Crippen LogP contribution in [0.4, 0.5) is 5.69 Å². The average Bonchev–Trinajstić information content (AvgIpc) is 2.55. The van der Waals surface area contributed by atoms with Crippen molar-refractivity contribution in [2.24, 2.45) is 0 Å². The Morgan fingerprint density at radius 2 is 1.68 bits per heavy atom. The Kier molecular flexibility index (Phi) is 6.97. The molecule has 0 spiro atoms. The van der Waals surface area contributed by atoms with Gasteiger partial charge in [0.1, 0.15) is 5.75 Å². The third-order valence-electron chi connectivity index (χ3n) is 4.32. The number of nitrogens with zero attached hydrogens (tertiary/aromatic N) is 1. The zero-order valence-electron chi connectivity index (χ0n) is 15.5. The van der Waals surface area contributed by atoms with Crippen LogP contribution in [-0.4, -0.2) is 11.0 Å². The van der Waals surface area contributed by atoms with Gasteiger partial charge < -0.3 is 10.1 Å². The molecule has 0 saturated heterocycles. The summed E-state index contributed by atoms with van der Waals surface area (Å²) in [6.07, 6.45) is 2.09. The van der Waals surface area contributed by atoms with Gasteiger partial charge in [0.05, 0.1) is 11.4 Å². The van der Waals surface area contributed by atoms with Crippen LogP contribution in [0, 0.1) is 20.8 Å². The monoisotopic (exact) mass is 380 g/mol. The van der Waals surface area contributed by atoms with E-state index in [1.165, 1.54) is 0 Å². The van der Waals surface area contributed by atoms with Crippen molar-refractivity contribution >= 4 is 28.9 Å². The van der Waals surface area contributed by atoms with Crippen LogP contribution in [0.15, 0.2) is 18.2 Å². The summed E-state index contributed by atoms with van der Waals surface area (Å²) in [5.41, 5.74) is 4.72. The second-order valence-electron chi connectivity index (χ2n) is 6.36. The molecule has 1 aromatic carbocycles. The molecule has 5 heteroatoms. The fourth-order valence-corrected chi connectivity index (χ4v) is 3.47. The van der Waals surface area contributed by atoms with Crippen molar-refractivity contribution in [2.75, 3.05) is 5.32 Å². The molecule has 1 aromatic heterocycles. The quantitative estimate of drug-likeness (QED) is 0.536. The highest BCUT2D eigenvalue weighted by molar-refractivity contribution is 6.30. The lowest BCUT2D eigenvalue weighted by Gasteiger charge is -2.21. The Morgan fingerprint density at radius 1 is 1.08 bits per heavy atom. The fraction of sp³-hybridized carbons (Fsp3) is 0.450. The van der Waals surface area contributed by atoms with E-state index in [2.05, 4.69) is 24.1 Å². The number of nitrogens with one attached hydrogen (secondary N) is 1. The van der Waals surface area contributed by atoms with E-state index >= 15 is 0 Å². The van der Waals surface area contributed by atoms with Crippen LogP contribution in [0.2, 0.25) is 5.02 Å². The van der Waals surface area contributed by atoms with Gasteiger partial charge >= 0.3 is 0 Å². The minimum absolute atomic E-state index is 0.330. The van der Waals surface area contributed by atoms with Crippen LogP contribution in [0.25, 0.3) is 0 Å². The first kappa shape index (κ1) is 19.9. The van der Waals surface area contributed by atoms with Gasteiger partial charge in [0.2, 0.25) is 5.88 Å². The van der Waals surface area contributed by atoms with E-state index in [9.17, 15) is 0 Å². The summed E-state index contributed by atoms with van der Waals surface area (Å²) >= 11 is 12.4. The predicted molar refractivity (Wildman–Crippen MR) is 108 cm³/mol. The van der Waals surface area contributed by atoms with Gasteiger partial charge in [-0.05, 0) is 62.9 Å². The van der Waals surface area contributed by atoms with E-state index in [-0.39, 0.29) is 0 Å². The van der Waals surface area contributed by atoms with Crippen molar-refractivity contribution in [1.82, 2.24) is 4.98 Å². The van der Waals surface area contributed by atoms with Crippen molar-refractivity contribution < 1.29 is 4.74 Å². The zero-order valence-corrected chi connectivity index (χ0v) is 17.1. The van der Waals surface area contributed by atoms with Crippen LogP contribution >= 0.6 is 23.2 Å². The minimum Gasteiger partial charge on any atom is -0.438 e. The Bertz CT molecular complexity index is 720. The molecule has 0 aliphatic heterocycles. The molecule has 0 unspecified atom stereocenters. The van der Waals surface area contributed by atoms with Gasteiger partial charge in [-0.3, -0.25) is 0 Å². The fourth-order valence-electron chi connectivity index (χ4n) is 2.88. The maximum absolute atomic E-state index is 6.25. The maximum atomic E-state index is 6.25. The molecule has 3 nitrogen and oxygen atoms in total. The normalized spacial score (nSPS) is 11.0. The first-order valence-corrected chi connectivity index (χ1v) is 9.58. The maximum Gasteiger partial charge on any atom is 0.225 e. The summed E-state index contributed by atoms with van der Waals surface area (Å²) in [7, 11) is 0. The number of hydrogen-bond donors (Lipinski definition) is 1. The molecule has 0 amide bonds. The van der Waals surface area contributed by atoms with Gasteiger partial charge in [0, 0.05) is 22.4 Å². The molecule has 2 rings (SSSR count). The second kappa shape index (κ2) is 8.77. The summed E-state index contributed by atoms with van der Waals surface area (Å²) in [6, 6.07) is 6.22. The predicted octanol–water partition coefficient (Wildman–Crippen LogP) is 6.79. The third-order valence-corrected chi connectivity index (χ3v) is 4.80. The summed E-state index contributed by atoms with van der Waals surface area (Å²) < 4.78 is 6.19. The minimum atomic E-state index is 0.330. The topological polar surface area (TPSA) is 34.2 Å². The van der Waals surface area contributed by atoms with Crippen molar-refractivity contribution in [1.29, 1.82) is 0 Å². The van der Waals surface area contributed by atoms with E-state index in [1.807, 2.05) is 39.0 Å². The number of aromatic nitrogens is 1. The number of anilines is 1. The second-order valence-corrected chi connectivity index (χ2v) is 7.06. The van der Waals surface area contributed by atoms with Gasteiger partial charge in [0.15, 0.2) is 0 Å². The van der Waals surface area contributed by atoms with Crippen molar-refractivity contribution in [3.63, 3.8) is 0 Å². The Labute approximate surface area is 160 Å². The Morgan fingerprint density at radius 3 is 2.20 bits per heavy atom. The molecule has 0 radical (unpaired) electrons. The number of benzene rings is 1. The lowest BCUT2D eigenvalue weighted by atomic mass is 10.1. The summed E-state index contributed by atoms with van der Waals surface area (Å²) in [5.74, 6) is 1.66. The van der Waals surface area contributed by atoms with E-state index in [1.54, 1.807) is 0 Å². The van der Waals surface area contributed by atoms with Crippen LogP contribution < -0.4 is 10.1 Å². The first-order chi connectivity index (χ1) is 11.9. The molecule has 0 saturated carbocycles. The standard InChI is InChI=1S/C20H26Cl2N2O/c1-6-16(7-2)24-18-10-14(5)23-20(17(18)11-21)25-19-12(3)8-15(22)9-13(19)4/h8-10,16H,6-7,11H2,1-5H3,(H,23,24). The molecule has 0 fully saturated rings. The van der Waals surface area contributed by atoms with Crippen molar-refractivity contribution in [3.05, 3.63) is 45.6 Å². The number of hydrogen-bond acceptors (Lipinski definition) is 3. The van der Waals surface area contributed by atoms with Crippen LogP contribution in [0.5, 0.6) is 11.6 Å². The van der Waals surface area contributed by atoms with Crippen LogP contribution in [0.1, 0.15) is 49.1 Å². The molecular weight excluding hydrogens is 355 g/mol. The molecule has 1 N–H and O–H groups in total. The molecule has 25 heavy (non-hydrogen) atoms. The highest BCUT2D eigenvalue weighted by Crippen LogP contribution is 2.35. The van der Waals surface area contributed by atoms with Gasteiger partial charge in [0.25, 0.3) is 0 Å².